The zero-order chi connectivity index (χ0) is 13.6. The maximum absolute atomic E-state index is 6.15. The highest BCUT2D eigenvalue weighted by Crippen LogP contribution is 2.40. The Morgan fingerprint density at radius 1 is 1.42 bits per heavy atom. The molecule has 102 valence electrons. The second-order valence-electron chi connectivity index (χ2n) is 5.23. The first-order valence-corrected chi connectivity index (χ1v) is 8.15. The summed E-state index contributed by atoms with van der Waals surface area (Å²) >= 11 is 3.31. The van der Waals surface area contributed by atoms with E-state index < -0.39 is 0 Å². The maximum Gasteiger partial charge on any atom is 0.190 e. The first kappa shape index (κ1) is 13.1. The summed E-state index contributed by atoms with van der Waals surface area (Å²) in [5, 5.41) is 1.81. The van der Waals surface area contributed by atoms with Gasteiger partial charge in [0.05, 0.1) is 17.6 Å². The van der Waals surface area contributed by atoms with E-state index in [9.17, 15) is 0 Å². The van der Waals surface area contributed by atoms with Crippen LogP contribution in [0.15, 0.2) is 5.16 Å². The van der Waals surface area contributed by atoms with Crippen LogP contribution in [0.2, 0.25) is 0 Å². The number of anilines is 1. The second kappa shape index (κ2) is 4.61. The van der Waals surface area contributed by atoms with Gasteiger partial charge >= 0.3 is 0 Å². The average molecular weight is 295 g/mol. The molecular weight excluding hydrogens is 278 g/mol. The lowest BCUT2D eigenvalue weighted by atomic mass is 9.94. The summed E-state index contributed by atoms with van der Waals surface area (Å²) in [4.78, 5) is 11.3. The van der Waals surface area contributed by atoms with Gasteiger partial charge in [-0.25, -0.2) is 9.97 Å². The first-order valence-electron chi connectivity index (χ1n) is 6.34. The van der Waals surface area contributed by atoms with Crippen molar-refractivity contribution in [1.82, 2.24) is 9.97 Å². The highest BCUT2D eigenvalue weighted by molar-refractivity contribution is 7.99. The quantitative estimate of drug-likeness (QED) is 0.681. The van der Waals surface area contributed by atoms with Crippen LogP contribution in [0.25, 0.3) is 10.2 Å². The van der Waals surface area contributed by atoms with E-state index in [0.29, 0.717) is 12.4 Å². The number of thioether (sulfide) groups is 1. The molecule has 0 aromatic carbocycles. The highest BCUT2D eigenvalue weighted by atomic mass is 32.2. The van der Waals surface area contributed by atoms with E-state index in [0.717, 1.165) is 27.5 Å². The van der Waals surface area contributed by atoms with Gasteiger partial charge in [0.2, 0.25) is 0 Å². The SMILES string of the molecule is CCSc1nc(N)c2c3c(sc2n1)COC(C)(C)C3. The Balaban J connectivity index is 2.16. The Bertz CT molecular complexity index is 636. The zero-order valence-electron chi connectivity index (χ0n) is 11.3. The number of nitrogens with two attached hydrogens (primary N) is 1. The minimum absolute atomic E-state index is 0.135. The van der Waals surface area contributed by atoms with Crippen molar-refractivity contribution in [1.29, 1.82) is 0 Å². The van der Waals surface area contributed by atoms with E-state index in [4.69, 9.17) is 10.5 Å². The van der Waals surface area contributed by atoms with Gasteiger partial charge in [0, 0.05) is 11.3 Å². The number of fused-ring (bicyclic) bond motifs is 3. The maximum atomic E-state index is 6.15. The lowest BCUT2D eigenvalue weighted by Gasteiger charge is -2.30. The molecule has 0 saturated carbocycles. The van der Waals surface area contributed by atoms with Crippen molar-refractivity contribution in [3.63, 3.8) is 0 Å². The molecule has 0 fully saturated rings. The third-order valence-corrected chi connectivity index (χ3v) is 5.04. The fourth-order valence-electron chi connectivity index (χ4n) is 2.35. The van der Waals surface area contributed by atoms with Gasteiger partial charge in [0.15, 0.2) is 5.16 Å². The summed E-state index contributed by atoms with van der Waals surface area (Å²) < 4.78 is 5.86. The smallest absolute Gasteiger partial charge is 0.190 e. The standard InChI is InChI=1S/C13H17N3OS2/c1-4-18-12-15-10(14)9-7-5-13(2,3)17-6-8(7)19-11(9)16-12/h4-6H2,1-3H3,(H2,14,15,16). The number of rotatable bonds is 2. The summed E-state index contributed by atoms with van der Waals surface area (Å²) in [5.41, 5.74) is 7.29. The number of aromatic nitrogens is 2. The number of hydrogen-bond acceptors (Lipinski definition) is 6. The summed E-state index contributed by atoms with van der Waals surface area (Å²) in [5.74, 6) is 1.56. The number of thiophene rings is 1. The van der Waals surface area contributed by atoms with Crippen molar-refractivity contribution in [2.75, 3.05) is 11.5 Å². The summed E-state index contributed by atoms with van der Waals surface area (Å²) in [6, 6.07) is 0. The molecule has 0 radical (unpaired) electrons. The molecule has 4 nitrogen and oxygen atoms in total. The van der Waals surface area contributed by atoms with Crippen LogP contribution < -0.4 is 5.73 Å². The van der Waals surface area contributed by atoms with Crippen molar-refractivity contribution in [3.8, 4) is 0 Å². The highest BCUT2D eigenvalue weighted by Gasteiger charge is 2.30. The van der Waals surface area contributed by atoms with Gasteiger partial charge in [-0.05, 0) is 25.2 Å². The minimum atomic E-state index is -0.135. The molecule has 2 aromatic heterocycles. The van der Waals surface area contributed by atoms with Crippen molar-refractivity contribution < 1.29 is 4.74 Å². The second-order valence-corrected chi connectivity index (χ2v) is 7.55. The molecule has 3 heterocycles. The predicted octanol–water partition coefficient (Wildman–Crippen LogP) is 3.24. The van der Waals surface area contributed by atoms with E-state index in [1.54, 1.807) is 23.1 Å². The third kappa shape index (κ3) is 2.32. The van der Waals surface area contributed by atoms with Crippen LogP contribution in [-0.2, 0) is 17.8 Å². The van der Waals surface area contributed by atoms with Crippen LogP contribution in [0.1, 0.15) is 31.2 Å². The fourth-order valence-corrected chi connectivity index (χ4v) is 4.09. The van der Waals surface area contributed by atoms with Gasteiger partial charge in [-0.15, -0.1) is 11.3 Å². The van der Waals surface area contributed by atoms with E-state index in [1.807, 2.05) is 0 Å². The average Bonchev–Trinajstić information content (AvgIpc) is 2.66. The lowest BCUT2D eigenvalue weighted by Crippen LogP contribution is -2.31. The van der Waals surface area contributed by atoms with Gasteiger partial charge in [0.1, 0.15) is 10.6 Å². The van der Waals surface area contributed by atoms with Gasteiger partial charge < -0.3 is 10.5 Å². The molecule has 0 amide bonds. The largest absolute Gasteiger partial charge is 0.383 e. The summed E-state index contributed by atoms with van der Waals surface area (Å²) in [6.07, 6.45) is 0.871. The zero-order valence-corrected chi connectivity index (χ0v) is 13.0. The molecule has 3 rings (SSSR count). The van der Waals surface area contributed by atoms with Crippen molar-refractivity contribution in [2.24, 2.45) is 0 Å². The molecule has 0 unspecified atom stereocenters. The number of hydrogen-bond donors (Lipinski definition) is 1. The molecule has 2 N–H and O–H groups in total. The Kier molecular flexibility index (Phi) is 3.19. The van der Waals surface area contributed by atoms with E-state index >= 15 is 0 Å². The topological polar surface area (TPSA) is 61.0 Å². The van der Waals surface area contributed by atoms with Crippen molar-refractivity contribution >= 4 is 39.1 Å². The molecule has 0 bridgehead atoms. The first-order chi connectivity index (χ1) is 9.00. The van der Waals surface area contributed by atoms with Crippen LogP contribution >= 0.6 is 23.1 Å². The molecule has 0 spiro atoms. The Hall–Kier alpha value is -0.850. The molecule has 2 aromatic rings. The lowest BCUT2D eigenvalue weighted by molar-refractivity contribution is -0.0379. The van der Waals surface area contributed by atoms with Crippen LogP contribution in [0.4, 0.5) is 5.82 Å². The molecule has 19 heavy (non-hydrogen) atoms. The normalized spacial score (nSPS) is 17.6. The Morgan fingerprint density at radius 2 is 2.21 bits per heavy atom. The monoisotopic (exact) mass is 295 g/mol. The van der Waals surface area contributed by atoms with Crippen molar-refractivity contribution in [3.05, 3.63) is 10.4 Å². The number of nitrogens with zero attached hydrogens (tertiary/aromatic N) is 2. The predicted molar refractivity (Wildman–Crippen MR) is 80.8 cm³/mol. The van der Waals surface area contributed by atoms with Crippen LogP contribution in [-0.4, -0.2) is 21.3 Å². The molecular formula is C13H17N3OS2. The van der Waals surface area contributed by atoms with E-state index in [1.165, 1.54) is 10.4 Å². The summed E-state index contributed by atoms with van der Waals surface area (Å²) in [6.45, 7) is 6.96. The fraction of sp³-hybridized carbons (Fsp3) is 0.538. The van der Waals surface area contributed by atoms with Crippen LogP contribution in [0, 0.1) is 0 Å². The number of ether oxygens (including phenoxy) is 1. The van der Waals surface area contributed by atoms with Gasteiger partial charge in [-0.2, -0.15) is 0 Å². The van der Waals surface area contributed by atoms with Gasteiger partial charge in [-0.1, -0.05) is 18.7 Å². The molecule has 1 aliphatic heterocycles. The number of nitrogen functional groups attached to an aromatic ring is 1. The van der Waals surface area contributed by atoms with Crippen LogP contribution in [0.5, 0.6) is 0 Å². The molecule has 0 saturated heterocycles. The molecule has 6 heteroatoms. The van der Waals surface area contributed by atoms with Gasteiger partial charge in [0.25, 0.3) is 0 Å². The third-order valence-electron chi connectivity index (χ3n) is 3.21. The van der Waals surface area contributed by atoms with E-state index in [-0.39, 0.29) is 5.60 Å². The minimum Gasteiger partial charge on any atom is -0.383 e. The van der Waals surface area contributed by atoms with Gasteiger partial charge in [-0.3, -0.25) is 0 Å². The van der Waals surface area contributed by atoms with Crippen molar-refractivity contribution in [2.45, 2.75) is 44.6 Å². The van der Waals surface area contributed by atoms with E-state index in [2.05, 4.69) is 30.7 Å². The molecule has 1 aliphatic rings. The van der Waals surface area contributed by atoms with Crippen LogP contribution in [0.3, 0.4) is 0 Å². The molecule has 0 atom stereocenters. The Labute approximate surface area is 120 Å². The summed E-state index contributed by atoms with van der Waals surface area (Å²) in [7, 11) is 0. The Morgan fingerprint density at radius 3 is 2.95 bits per heavy atom. The molecule has 0 aliphatic carbocycles.